The summed E-state index contributed by atoms with van der Waals surface area (Å²) >= 11 is 0. The second-order valence-electron chi connectivity index (χ2n) is 4.40. The number of aliphatic hydroxyl groups excluding tert-OH is 1. The van der Waals surface area contributed by atoms with Crippen LogP contribution in [0.3, 0.4) is 0 Å². The molecule has 0 aromatic heterocycles. The van der Waals surface area contributed by atoms with Gasteiger partial charge in [0.25, 0.3) is 0 Å². The van der Waals surface area contributed by atoms with Gasteiger partial charge in [-0.2, -0.15) is 0 Å². The van der Waals surface area contributed by atoms with Gasteiger partial charge < -0.3 is 15.2 Å². The van der Waals surface area contributed by atoms with Gasteiger partial charge in [-0.05, 0) is 33.2 Å². The van der Waals surface area contributed by atoms with E-state index in [0.717, 1.165) is 13.0 Å². The van der Waals surface area contributed by atoms with E-state index in [4.69, 9.17) is 0 Å². The van der Waals surface area contributed by atoms with E-state index in [2.05, 4.69) is 10.1 Å². The fourth-order valence-corrected chi connectivity index (χ4v) is 1.22. The Morgan fingerprint density at radius 2 is 2.13 bits per heavy atom. The van der Waals surface area contributed by atoms with Crippen molar-refractivity contribution in [1.29, 1.82) is 0 Å². The third-order valence-electron chi connectivity index (χ3n) is 2.43. The highest BCUT2D eigenvalue weighted by molar-refractivity contribution is 5.75. The van der Waals surface area contributed by atoms with Crippen LogP contribution in [0.5, 0.6) is 0 Å². The zero-order valence-electron chi connectivity index (χ0n) is 10.2. The normalized spacial score (nSPS) is 13.7. The molecule has 4 nitrogen and oxygen atoms in total. The molecule has 1 unspecified atom stereocenters. The number of hydrogen-bond acceptors (Lipinski definition) is 4. The number of hydrogen-bond donors (Lipinski definition) is 2. The topological polar surface area (TPSA) is 58.6 Å². The van der Waals surface area contributed by atoms with E-state index in [1.54, 1.807) is 0 Å². The summed E-state index contributed by atoms with van der Waals surface area (Å²) in [6, 6.07) is 0. The third-order valence-corrected chi connectivity index (χ3v) is 2.43. The second kappa shape index (κ2) is 6.80. The molecule has 0 rings (SSSR count). The maximum atomic E-state index is 11.3. The lowest BCUT2D eigenvalue weighted by Crippen LogP contribution is -2.37. The summed E-state index contributed by atoms with van der Waals surface area (Å²) in [4.78, 5) is 11.3. The number of methoxy groups -OCH3 is 1. The van der Waals surface area contributed by atoms with Crippen LogP contribution < -0.4 is 5.32 Å². The first-order chi connectivity index (χ1) is 6.94. The van der Waals surface area contributed by atoms with E-state index >= 15 is 0 Å². The van der Waals surface area contributed by atoms with Crippen LogP contribution in [0.25, 0.3) is 0 Å². The Balaban J connectivity index is 3.71. The smallest absolute Gasteiger partial charge is 0.312 e. The van der Waals surface area contributed by atoms with Crippen molar-refractivity contribution in [1.82, 2.24) is 5.32 Å². The van der Waals surface area contributed by atoms with E-state index < -0.39 is 5.41 Å². The fraction of sp³-hybridized carbons (Fsp3) is 0.909. The molecule has 15 heavy (non-hydrogen) atoms. The maximum Gasteiger partial charge on any atom is 0.312 e. The van der Waals surface area contributed by atoms with Crippen LogP contribution in [0.1, 0.15) is 33.6 Å². The molecular formula is C11H23NO3. The van der Waals surface area contributed by atoms with Gasteiger partial charge >= 0.3 is 5.97 Å². The predicted octanol–water partition coefficient (Wildman–Crippen LogP) is 0.936. The summed E-state index contributed by atoms with van der Waals surface area (Å²) in [6.45, 7) is 6.90. The van der Waals surface area contributed by atoms with Crippen LogP contribution in [0.15, 0.2) is 0 Å². The van der Waals surface area contributed by atoms with Crippen LogP contribution in [-0.4, -0.2) is 37.4 Å². The molecule has 0 fully saturated rings. The number of nitrogens with one attached hydrogen (secondary N) is 1. The van der Waals surface area contributed by atoms with E-state index in [1.807, 2.05) is 20.8 Å². The average molecular weight is 217 g/mol. The zero-order valence-corrected chi connectivity index (χ0v) is 10.2. The molecule has 0 saturated heterocycles. The van der Waals surface area contributed by atoms with Gasteiger partial charge in [0.15, 0.2) is 0 Å². The first-order valence-electron chi connectivity index (χ1n) is 5.41. The van der Waals surface area contributed by atoms with Crippen LogP contribution in [-0.2, 0) is 9.53 Å². The summed E-state index contributed by atoms with van der Waals surface area (Å²) in [5.41, 5.74) is -0.508. The van der Waals surface area contributed by atoms with Gasteiger partial charge in [0, 0.05) is 6.54 Å². The predicted molar refractivity (Wildman–Crippen MR) is 59.6 cm³/mol. The number of ether oxygens (including phenoxy) is 1. The number of carbonyl (C=O) groups is 1. The molecule has 0 spiro atoms. The molecule has 0 aliphatic carbocycles. The Labute approximate surface area is 92.0 Å². The molecule has 0 bridgehead atoms. The molecule has 0 radical (unpaired) electrons. The summed E-state index contributed by atoms with van der Waals surface area (Å²) in [6.07, 6.45) is 1.23. The van der Waals surface area contributed by atoms with Gasteiger partial charge in [0.05, 0.1) is 18.6 Å². The molecule has 90 valence electrons. The van der Waals surface area contributed by atoms with Gasteiger partial charge in [-0.1, -0.05) is 6.92 Å². The molecule has 0 amide bonds. The van der Waals surface area contributed by atoms with E-state index in [-0.39, 0.29) is 12.1 Å². The number of esters is 1. The van der Waals surface area contributed by atoms with Crippen molar-refractivity contribution < 1.29 is 14.6 Å². The minimum Gasteiger partial charge on any atom is -0.469 e. The zero-order chi connectivity index (χ0) is 11.9. The van der Waals surface area contributed by atoms with Crippen molar-refractivity contribution in [2.75, 3.05) is 20.2 Å². The lowest BCUT2D eigenvalue weighted by Gasteiger charge is -2.22. The van der Waals surface area contributed by atoms with Gasteiger partial charge in [0.1, 0.15) is 0 Å². The lowest BCUT2D eigenvalue weighted by atomic mass is 9.94. The third kappa shape index (κ3) is 5.74. The first-order valence-corrected chi connectivity index (χ1v) is 5.41. The van der Waals surface area contributed by atoms with Crippen LogP contribution in [0.2, 0.25) is 0 Å². The Bertz CT molecular complexity index is 192. The minimum atomic E-state index is -0.508. The van der Waals surface area contributed by atoms with E-state index in [9.17, 15) is 9.90 Å². The second-order valence-corrected chi connectivity index (χ2v) is 4.40. The van der Waals surface area contributed by atoms with Crippen molar-refractivity contribution >= 4 is 5.97 Å². The average Bonchev–Trinajstić information content (AvgIpc) is 2.22. The molecule has 0 aromatic carbocycles. The molecule has 0 aromatic rings. The highest BCUT2D eigenvalue weighted by Gasteiger charge is 2.27. The Morgan fingerprint density at radius 3 is 2.60 bits per heavy atom. The molecule has 1 atom stereocenters. The van der Waals surface area contributed by atoms with E-state index in [0.29, 0.717) is 13.0 Å². The number of aliphatic hydroxyl groups is 1. The van der Waals surface area contributed by atoms with Crippen molar-refractivity contribution in [3.8, 4) is 0 Å². The first kappa shape index (κ1) is 14.4. The SMILES string of the molecule is CCC(O)CCNCC(C)(C)C(=O)OC. The number of carbonyl (C=O) groups excluding carboxylic acids is 1. The van der Waals surface area contributed by atoms with Crippen molar-refractivity contribution in [2.24, 2.45) is 5.41 Å². The molecule has 0 aliphatic heterocycles. The van der Waals surface area contributed by atoms with Crippen LogP contribution in [0.4, 0.5) is 0 Å². The summed E-state index contributed by atoms with van der Waals surface area (Å²) in [5.74, 6) is -0.217. The Hall–Kier alpha value is -0.610. The minimum absolute atomic E-state index is 0.217. The van der Waals surface area contributed by atoms with Crippen molar-refractivity contribution in [3.63, 3.8) is 0 Å². The van der Waals surface area contributed by atoms with Gasteiger partial charge in [0.2, 0.25) is 0 Å². The van der Waals surface area contributed by atoms with Crippen molar-refractivity contribution in [3.05, 3.63) is 0 Å². The van der Waals surface area contributed by atoms with Gasteiger partial charge in [-0.15, -0.1) is 0 Å². The molecule has 0 heterocycles. The Morgan fingerprint density at radius 1 is 1.53 bits per heavy atom. The van der Waals surface area contributed by atoms with Crippen LogP contribution >= 0.6 is 0 Å². The number of rotatable bonds is 7. The fourth-order valence-electron chi connectivity index (χ4n) is 1.22. The highest BCUT2D eigenvalue weighted by atomic mass is 16.5. The van der Waals surface area contributed by atoms with E-state index in [1.165, 1.54) is 7.11 Å². The summed E-state index contributed by atoms with van der Waals surface area (Å²) < 4.78 is 4.69. The van der Waals surface area contributed by atoms with Crippen molar-refractivity contribution in [2.45, 2.75) is 39.7 Å². The van der Waals surface area contributed by atoms with Crippen LogP contribution in [0, 0.1) is 5.41 Å². The monoisotopic (exact) mass is 217 g/mol. The summed E-state index contributed by atoms with van der Waals surface area (Å²) in [5, 5.41) is 12.5. The molecule has 0 aliphatic rings. The molecule has 4 heteroatoms. The Kier molecular flexibility index (Phi) is 6.52. The lowest BCUT2D eigenvalue weighted by molar-refractivity contribution is -0.150. The summed E-state index contributed by atoms with van der Waals surface area (Å²) in [7, 11) is 1.39. The highest BCUT2D eigenvalue weighted by Crippen LogP contribution is 2.15. The molecule has 2 N–H and O–H groups in total. The standard InChI is InChI=1S/C11H23NO3/c1-5-9(13)6-7-12-8-11(2,3)10(14)15-4/h9,12-13H,5-8H2,1-4H3. The quantitative estimate of drug-likeness (QED) is 0.492. The largest absolute Gasteiger partial charge is 0.469 e. The maximum absolute atomic E-state index is 11.3. The van der Waals surface area contributed by atoms with Gasteiger partial charge in [-0.25, -0.2) is 0 Å². The molecular weight excluding hydrogens is 194 g/mol. The van der Waals surface area contributed by atoms with Gasteiger partial charge in [-0.3, -0.25) is 4.79 Å². The molecule has 0 saturated carbocycles.